The number of nitrogens with one attached hydrogen (secondary N) is 2. The fraction of sp³-hybridized carbons (Fsp3) is 0.214. The minimum absolute atomic E-state index is 0.297. The molecule has 1 aromatic heterocycles. The smallest absolute Gasteiger partial charge is 0.132 e. The molecule has 0 saturated carbocycles. The number of hydrogen-bond acceptors (Lipinski definition) is 3. The molecule has 2 N–H and O–H groups in total. The van der Waals surface area contributed by atoms with Crippen LogP contribution in [0.3, 0.4) is 0 Å². The SMILES string of the molecule is CCCNc1cccc(Nc2c(Cl)cc(F)cc2Br)n1. The van der Waals surface area contributed by atoms with Gasteiger partial charge in [0.1, 0.15) is 17.5 Å². The highest BCUT2D eigenvalue weighted by Crippen LogP contribution is 2.33. The van der Waals surface area contributed by atoms with Gasteiger partial charge in [0.15, 0.2) is 0 Å². The summed E-state index contributed by atoms with van der Waals surface area (Å²) < 4.78 is 13.7. The van der Waals surface area contributed by atoms with Gasteiger partial charge in [0.2, 0.25) is 0 Å². The van der Waals surface area contributed by atoms with Crippen molar-refractivity contribution in [3.8, 4) is 0 Å². The van der Waals surface area contributed by atoms with Crippen LogP contribution < -0.4 is 10.6 Å². The maximum Gasteiger partial charge on any atom is 0.132 e. The molecule has 0 saturated heterocycles. The maximum absolute atomic E-state index is 13.2. The number of benzene rings is 1. The third-order valence-electron chi connectivity index (χ3n) is 2.57. The van der Waals surface area contributed by atoms with E-state index in [-0.39, 0.29) is 0 Å². The lowest BCUT2D eigenvalue weighted by atomic mass is 10.3. The Labute approximate surface area is 130 Å². The Balaban J connectivity index is 2.22. The normalized spacial score (nSPS) is 10.4. The van der Waals surface area contributed by atoms with Gasteiger partial charge < -0.3 is 10.6 Å². The first-order valence-corrected chi connectivity index (χ1v) is 7.39. The summed E-state index contributed by atoms with van der Waals surface area (Å²) in [5.41, 5.74) is 0.591. The van der Waals surface area contributed by atoms with E-state index in [1.54, 1.807) is 0 Å². The van der Waals surface area contributed by atoms with Crippen molar-refractivity contribution < 1.29 is 4.39 Å². The van der Waals surface area contributed by atoms with Crippen molar-refractivity contribution in [3.63, 3.8) is 0 Å². The van der Waals surface area contributed by atoms with Crippen molar-refractivity contribution in [2.75, 3.05) is 17.2 Å². The first kappa shape index (κ1) is 15.1. The number of hydrogen-bond donors (Lipinski definition) is 2. The van der Waals surface area contributed by atoms with Gasteiger partial charge in [-0.2, -0.15) is 0 Å². The predicted molar refractivity (Wildman–Crippen MR) is 85.4 cm³/mol. The average molecular weight is 359 g/mol. The average Bonchev–Trinajstić information content (AvgIpc) is 2.41. The molecule has 0 spiro atoms. The van der Waals surface area contributed by atoms with Crippen molar-refractivity contribution in [1.29, 1.82) is 0 Å². The Kier molecular flexibility index (Phi) is 5.20. The van der Waals surface area contributed by atoms with E-state index < -0.39 is 5.82 Å². The molecular formula is C14H14BrClFN3. The Morgan fingerprint density at radius 1 is 1.30 bits per heavy atom. The number of rotatable bonds is 5. The van der Waals surface area contributed by atoms with Crippen LogP contribution in [0.25, 0.3) is 0 Å². The van der Waals surface area contributed by atoms with Gasteiger partial charge in [0.05, 0.1) is 10.7 Å². The predicted octanol–water partition coefficient (Wildman–Crippen LogP) is 5.20. The number of nitrogens with zero attached hydrogens (tertiary/aromatic N) is 1. The van der Waals surface area contributed by atoms with Crippen LogP contribution in [0.2, 0.25) is 5.02 Å². The third-order valence-corrected chi connectivity index (χ3v) is 3.49. The van der Waals surface area contributed by atoms with Gasteiger partial charge in [-0.3, -0.25) is 0 Å². The van der Waals surface area contributed by atoms with Gasteiger partial charge in [-0.05, 0) is 46.6 Å². The number of anilines is 3. The lowest BCUT2D eigenvalue weighted by molar-refractivity contribution is 0.627. The zero-order valence-electron chi connectivity index (χ0n) is 10.9. The molecule has 3 nitrogen and oxygen atoms in total. The van der Waals surface area contributed by atoms with E-state index in [0.29, 0.717) is 21.0 Å². The standard InChI is InChI=1S/C14H14BrClFN3/c1-2-6-18-12-4-3-5-13(19-12)20-14-10(15)7-9(17)8-11(14)16/h3-5,7-8H,2,6H2,1H3,(H2,18,19,20). The zero-order valence-corrected chi connectivity index (χ0v) is 13.2. The van der Waals surface area contributed by atoms with E-state index in [2.05, 4.69) is 38.5 Å². The molecule has 0 aliphatic heterocycles. The van der Waals surface area contributed by atoms with Crippen LogP contribution in [-0.2, 0) is 0 Å². The minimum atomic E-state index is -0.390. The molecule has 0 unspecified atom stereocenters. The maximum atomic E-state index is 13.2. The first-order chi connectivity index (χ1) is 9.60. The van der Waals surface area contributed by atoms with E-state index in [1.165, 1.54) is 12.1 Å². The van der Waals surface area contributed by atoms with Gasteiger partial charge in [-0.15, -0.1) is 0 Å². The minimum Gasteiger partial charge on any atom is -0.370 e. The number of aromatic nitrogens is 1. The molecule has 0 aliphatic rings. The van der Waals surface area contributed by atoms with Crippen molar-refractivity contribution in [3.05, 3.63) is 45.6 Å². The molecule has 106 valence electrons. The highest BCUT2D eigenvalue weighted by Gasteiger charge is 2.09. The molecule has 0 aliphatic carbocycles. The van der Waals surface area contributed by atoms with E-state index in [4.69, 9.17) is 11.6 Å². The molecule has 1 heterocycles. The van der Waals surface area contributed by atoms with Gasteiger partial charge in [0.25, 0.3) is 0 Å². The Bertz CT molecular complexity index is 584. The van der Waals surface area contributed by atoms with Crippen molar-refractivity contribution in [2.24, 2.45) is 0 Å². The summed E-state index contributed by atoms with van der Waals surface area (Å²) in [6, 6.07) is 8.21. The summed E-state index contributed by atoms with van der Waals surface area (Å²) >= 11 is 9.32. The van der Waals surface area contributed by atoms with Gasteiger partial charge in [-0.1, -0.05) is 24.6 Å². The molecule has 20 heavy (non-hydrogen) atoms. The summed E-state index contributed by atoms with van der Waals surface area (Å²) in [5.74, 6) is 1.03. The number of halogens is 3. The molecule has 0 atom stereocenters. The van der Waals surface area contributed by atoms with Gasteiger partial charge >= 0.3 is 0 Å². The van der Waals surface area contributed by atoms with Crippen LogP contribution in [0, 0.1) is 5.82 Å². The van der Waals surface area contributed by atoms with Crippen LogP contribution in [0.4, 0.5) is 21.7 Å². The highest BCUT2D eigenvalue weighted by atomic mass is 79.9. The van der Waals surface area contributed by atoms with Crippen molar-refractivity contribution in [1.82, 2.24) is 4.98 Å². The third kappa shape index (κ3) is 3.84. The monoisotopic (exact) mass is 357 g/mol. The van der Waals surface area contributed by atoms with Crippen LogP contribution in [0.15, 0.2) is 34.8 Å². The highest BCUT2D eigenvalue weighted by molar-refractivity contribution is 9.10. The lowest BCUT2D eigenvalue weighted by Crippen LogP contribution is -2.03. The molecule has 6 heteroatoms. The molecule has 0 radical (unpaired) electrons. The first-order valence-electron chi connectivity index (χ1n) is 6.22. The second kappa shape index (κ2) is 6.90. The van der Waals surface area contributed by atoms with Crippen LogP contribution in [-0.4, -0.2) is 11.5 Å². The molecule has 1 aromatic carbocycles. The molecule has 2 rings (SSSR count). The summed E-state index contributed by atoms with van der Waals surface area (Å²) in [5, 5.41) is 6.59. The van der Waals surface area contributed by atoms with Gasteiger partial charge in [-0.25, -0.2) is 9.37 Å². The zero-order chi connectivity index (χ0) is 14.5. The van der Waals surface area contributed by atoms with Crippen LogP contribution >= 0.6 is 27.5 Å². The lowest BCUT2D eigenvalue weighted by Gasteiger charge is -2.11. The van der Waals surface area contributed by atoms with Crippen molar-refractivity contribution in [2.45, 2.75) is 13.3 Å². The van der Waals surface area contributed by atoms with Crippen LogP contribution in [0.5, 0.6) is 0 Å². The summed E-state index contributed by atoms with van der Waals surface area (Å²) in [7, 11) is 0. The van der Waals surface area contributed by atoms with E-state index in [1.807, 2.05) is 18.2 Å². The Hall–Kier alpha value is -1.33. The summed E-state index contributed by atoms with van der Waals surface area (Å²) in [4.78, 5) is 4.41. The summed E-state index contributed by atoms with van der Waals surface area (Å²) in [6.07, 6.45) is 1.02. The molecule has 0 amide bonds. The summed E-state index contributed by atoms with van der Waals surface area (Å²) in [6.45, 7) is 2.95. The quantitative estimate of drug-likeness (QED) is 0.771. The topological polar surface area (TPSA) is 37.0 Å². The van der Waals surface area contributed by atoms with Crippen LogP contribution in [0.1, 0.15) is 13.3 Å². The Morgan fingerprint density at radius 3 is 2.75 bits per heavy atom. The molecule has 0 bridgehead atoms. The molecular weight excluding hydrogens is 345 g/mol. The largest absolute Gasteiger partial charge is 0.370 e. The molecule has 2 aromatic rings. The fourth-order valence-electron chi connectivity index (χ4n) is 1.65. The molecule has 0 fully saturated rings. The van der Waals surface area contributed by atoms with Crippen molar-refractivity contribution >= 4 is 44.9 Å². The second-order valence-electron chi connectivity index (χ2n) is 4.20. The fourth-order valence-corrected chi connectivity index (χ4v) is 2.54. The second-order valence-corrected chi connectivity index (χ2v) is 5.47. The van der Waals surface area contributed by atoms with Gasteiger partial charge in [0, 0.05) is 11.0 Å². The van der Waals surface area contributed by atoms with E-state index in [0.717, 1.165) is 18.8 Å². The van der Waals surface area contributed by atoms with E-state index >= 15 is 0 Å². The Morgan fingerprint density at radius 2 is 2.05 bits per heavy atom. The van der Waals surface area contributed by atoms with E-state index in [9.17, 15) is 4.39 Å². The number of pyridine rings is 1.